The highest BCUT2D eigenvalue weighted by Crippen LogP contribution is 2.19. The zero-order valence-electron chi connectivity index (χ0n) is 10.4. The number of hydrogen-bond donors (Lipinski definition) is 7. The van der Waals surface area contributed by atoms with Crippen LogP contribution in [0.4, 0.5) is 0 Å². The standard InChI is InChI=1S/C10H18N2O8/c11-3(1-5(14)15)9(19)12-10-8(18)7(17)6(16)4(2-13)20-10/h3-4,6-8,10,13,16-18H,1-2,11H2,(H,12,19)(H,14,15)/t3-,4+,6+,7-,8+,10+/m0/s1. The largest absolute Gasteiger partial charge is 0.481 e. The third-order valence-corrected chi connectivity index (χ3v) is 2.91. The Morgan fingerprint density at radius 1 is 1.20 bits per heavy atom. The topological polar surface area (TPSA) is 183 Å². The fourth-order valence-electron chi connectivity index (χ4n) is 1.75. The van der Waals surface area contributed by atoms with Crippen molar-refractivity contribution in [3.63, 3.8) is 0 Å². The quantitative estimate of drug-likeness (QED) is 0.263. The van der Waals surface area contributed by atoms with E-state index in [0.29, 0.717) is 0 Å². The highest BCUT2D eigenvalue weighted by atomic mass is 16.6. The van der Waals surface area contributed by atoms with Gasteiger partial charge in [-0.1, -0.05) is 0 Å². The van der Waals surface area contributed by atoms with Crippen molar-refractivity contribution in [2.24, 2.45) is 5.73 Å². The minimum atomic E-state index is -1.64. The van der Waals surface area contributed by atoms with Gasteiger partial charge in [0, 0.05) is 0 Å². The molecule has 1 heterocycles. The molecule has 0 saturated carbocycles. The highest BCUT2D eigenvalue weighted by Gasteiger charge is 2.44. The van der Waals surface area contributed by atoms with Gasteiger partial charge >= 0.3 is 5.97 Å². The second kappa shape index (κ2) is 6.92. The molecule has 0 aliphatic carbocycles. The van der Waals surface area contributed by atoms with E-state index in [1.165, 1.54) is 0 Å². The average Bonchev–Trinajstić information content (AvgIpc) is 2.38. The molecule has 1 amide bonds. The Morgan fingerprint density at radius 2 is 1.80 bits per heavy atom. The molecule has 1 rings (SSSR count). The number of ether oxygens (including phenoxy) is 1. The van der Waals surface area contributed by atoms with Crippen molar-refractivity contribution >= 4 is 11.9 Å². The van der Waals surface area contributed by atoms with Crippen LogP contribution in [-0.4, -0.2) is 80.7 Å². The maximum absolute atomic E-state index is 11.6. The summed E-state index contributed by atoms with van der Waals surface area (Å²) in [6.07, 6.45) is -8.04. The van der Waals surface area contributed by atoms with Crippen molar-refractivity contribution < 1.29 is 39.9 Å². The van der Waals surface area contributed by atoms with Crippen molar-refractivity contribution in [2.45, 2.75) is 43.1 Å². The van der Waals surface area contributed by atoms with Gasteiger partial charge in [-0.3, -0.25) is 9.59 Å². The number of carboxylic acids is 1. The van der Waals surface area contributed by atoms with E-state index < -0.39 is 61.6 Å². The highest BCUT2D eigenvalue weighted by molar-refractivity contribution is 5.86. The molecule has 1 fully saturated rings. The summed E-state index contributed by atoms with van der Waals surface area (Å²) in [4.78, 5) is 22.0. The number of carbonyl (C=O) groups is 2. The molecule has 8 N–H and O–H groups in total. The van der Waals surface area contributed by atoms with E-state index in [-0.39, 0.29) is 0 Å². The van der Waals surface area contributed by atoms with Crippen molar-refractivity contribution in [1.82, 2.24) is 5.32 Å². The SMILES string of the molecule is N[C@@H](CC(=O)O)C(=O)N[C@@H]1O[C@H](CO)[C@@H](O)[C@H](O)[C@H]1O. The molecule has 0 bridgehead atoms. The summed E-state index contributed by atoms with van der Waals surface area (Å²) in [5.74, 6) is -2.18. The van der Waals surface area contributed by atoms with Crippen LogP contribution in [0.25, 0.3) is 0 Å². The number of aliphatic hydroxyl groups excluding tert-OH is 4. The lowest BCUT2D eigenvalue weighted by molar-refractivity contribution is -0.236. The smallest absolute Gasteiger partial charge is 0.305 e. The number of aliphatic hydroxyl groups is 4. The molecule has 0 aromatic carbocycles. The van der Waals surface area contributed by atoms with Gasteiger partial charge in [0.1, 0.15) is 24.4 Å². The molecule has 0 aromatic heterocycles. The summed E-state index contributed by atoms with van der Waals surface area (Å²) in [5.41, 5.74) is 5.32. The first-order chi connectivity index (χ1) is 9.27. The molecule has 1 aliphatic rings. The van der Waals surface area contributed by atoms with Gasteiger partial charge < -0.3 is 41.3 Å². The minimum Gasteiger partial charge on any atom is -0.481 e. The van der Waals surface area contributed by atoms with E-state index >= 15 is 0 Å². The summed E-state index contributed by atoms with van der Waals surface area (Å²) >= 11 is 0. The zero-order valence-corrected chi connectivity index (χ0v) is 10.4. The molecule has 20 heavy (non-hydrogen) atoms. The van der Waals surface area contributed by atoms with Gasteiger partial charge in [-0.2, -0.15) is 0 Å². The molecule has 10 heteroatoms. The summed E-state index contributed by atoms with van der Waals surface area (Å²) in [6, 6.07) is -1.36. The predicted molar refractivity (Wildman–Crippen MR) is 62.1 cm³/mol. The van der Waals surface area contributed by atoms with Crippen LogP contribution >= 0.6 is 0 Å². The maximum atomic E-state index is 11.6. The molecule has 10 nitrogen and oxygen atoms in total. The Hall–Kier alpha value is -1.30. The molecule has 1 saturated heterocycles. The molecule has 6 atom stereocenters. The van der Waals surface area contributed by atoms with E-state index in [1.807, 2.05) is 0 Å². The van der Waals surface area contributed by atoms with Gasteiger partial charge in [-0.15, -0.1) is 0 Å². The van der Waals surface area contributed by atoms with Crippen LogP contribution in [-0.2, 0) is 14.3 Å². The third-order valence-electron chi connectivity index (χ3n) is 2.91. The van der Waals surface area contributed by atoms with Crippen LogP contribution in [0.3, 0.4) is 0 Å². The molecule has 0 aromatic rings. The Labute approximate surface area is 113 Å². The fourth-order valence-corrected chi connectivity index (χ4v) is 1.75. The summed E-state index contributed by atoms with van der Waals surface area (Å²) in [7, 11) is 0. The predicted octanol–water partition coefficient (Wildman–Crippen LogP) is -4.30. The second-order valence-corrected chi connectivity index (χ2v) is 4.46. The van der Waals surface area contributed by atoms with Crippen LogP contribution in [0.5, 0.6) is 0 Å². The maximum Gasteiger partial charge on any atom is 0.305 e. The van der Waals surface area contributed by atoms with Gasteiger partial charge in [-0.25, -0.2) is 0 Å². The van der Waals surface area contributed by atoms with Gasteiger partial charge in [0.25, 0.3) is 0 Å². The summed E-state index contributed by atoms with van der Waals surface area (Å²) in [6.45, 7) is -0.640. The lowest BCUT2D eigenvalue weighted by Crippen LogP contribution is -2.64. The van der Waals surface area contributed by atoms with Gasteiger partial charge in [0.05, 0.1) is 19.1 Å². The Balaban J connectivity index is 2.66. The number of carbonyl (C=O) groups excluding carboxylic acids is 1. The van der Waals surface area contributed by atoms with Crippen LogP contribution in [0.2, 0.25) is 0 Å². The molecular formula is C10H18N2O8. The zero-order chi connectivity index (χ0) is 15.4. The number of hydrogen-bond acceptors (Lipinski definition) is 8. The number of nitrogens with two attached hydrogens (primary N) is 1. The van der Waals surface area contributed by atoms with Crippen LogP contribution in [0.1, 0.15) is 6.42 Å². The Kier molecular flexibility index (Phi) is 5.80. The Bertz CT molecular complexity index is 363. The van der Waals surface area contributed by atoms with Crippen LogP contribution in [0, 0.1) is 0 Å². The van der Waals surface area contributed by atoms with E-state index in [1.54, 1.807) is 0 Å². The first kappa shape index (κ1) is 16.8. The monoisotopic (exact) mass is 294 g/mol. The fraction of sp³-hybridized carbons (Fsp3) is 0.800. The number of amides is 1. The molecule has 116 valence electrons. The molecule has 1 aliphatic heterocycles. The minimum absolute atomic E-state index is 0.622. The lowest BCUT2D eigenvalue weighted by atomic mass is 9.98. The van der Waals surface area contributed by atoms with E-state index in [9.17, 15) is 24.9 Å². The van der Waals surface area contributed by atoms with E-state index in [4.69, 9.17) is 20.7 Å². The first-order valence-electron chi connectivity index (χ1n) is 5.86. The van der Waals surface area contributed by atoms with Crippen molar-refractivity contribution in [3.8, 4) is 0 Å². The molecule has 0 unspecified atom stereocenters. The van der Waals surface area contributed by atoms with Gasteiger partial charge in [0.15, 0.2) is 6.23 Å². The Morgan fingerprint density at radius 3 is 2.30 bits per heavy atom. The van der Waals surface area contributed by atoms with Crippen molar-refractivity contribution in [1.29, 1.82) is 0 Å². The van der Waals surface area contributed by atoms with Crippen LogP contribution < -0.4 is 11.1 Å². The van der Waals surface area contributed by atoms with Gasteiger partial charge in [-0.05, 0) is 0 Å². The van der Waals surface area contributed by atoms with Crippen LogP contribution in [0.15, 0.2) is 0 Å². The molecule has 0 radical (unpaired) electrons. The van der Waals surface area contributed by atoms with Gasteiger partial charge in [0.2, 0.25) is 5.91 Å². The van der Waals surface area contributed by atoms with Crippen molar-refractivity contribution in [2.75, 3.05) is 6.61 Å². The second-order valence-electron chi connectivity index (χ2n) is 4.46. The lowest BCUT2D eigenvalue weighted by Gasteiger charge is -2.40. The van der Waals surface area contributed by atoms with E-state index in [2.05, 4.69) is 5.32 Å². The normalized spacial score (nSPS) is 35.4. The summed E-state index contributed by atoms with van der Waals surface area (Å²) in [5, 5.41) is 48.2. The average molecular weight is 294 g/mol. The summed E-state index contributed by atoms with van der Waals surface area (Å²) < 4.78 is 5.01. The number of carboxylic acid groups (broad SMARTS) is 1. The number of aliphatic carboxylic acids is 1. The van der Waals surface area contributed by atoms with E-state index in [0.717, 1.165) is 0 Å². The number of nitrogens with one attached hydrogen (secondary N) is 1. The first-order valence-corrected chi connectivity index (χ1v) is 5.86. The molecular weight excluding hydrogens is 276 g/mol. The third kappa shape index (κ3) is 3.85. The van der Waals surface area contributed by atoms with Crippen molar-refractivity contribution in [3.05, 3.63) is 0 Å². The number of rotatable bonds is 5. The molecule has 0 spiro atoms.